The lowest BCUT2D eigenvalue weighted by Crippen LogP contribution is -2.47. The van der Waals surface area contributed by atoms with Gasteiger partial charge in [-0.25, -0.2) is 8.42 Å². The van der Waals surface area contributed by atoms with Crippen molar-refractivity contribution in [1.29, 1.82) is 0 Å². The molecule has 0 amide bonds. The molecule has 7 heteroatoms. The molecule has 5 nitrogen and oxygen atoms in total. The van der Waals surface area contributed by atoms with Crippen molar-refractivity contribution in [3.63, 3.8) is 0 Å². The molecule has 1 fully saturated rings. The Labute approximate surface area is 131 Å². The van der Waals surface area contributed by atoms with Crippen molar-refractivity contribution < 1.29 is 8.42 Å². The van der Waals surface area contributed by atoms with E-state index in [1.165, 1.54) is 6.07 Å². The molecule has 1 aliphatic rings. The molecule has 0 radical (unpaired) electrons. The maximum absolute atomic E-state index is 12.8. The smallest absolute Gasteiger partial charge is 0.243 e. The Bertz CT molecular complexity index is 631. The highest BCUT2D eigenvalue weighted by Gasteiger charge is 2.32. The first-order valence-electron chi connectivity index (χ1n) is 6.95. The van der Waals surface area contributed by atoms with Crippen LogP contribution in [0.25, 0.3) is 0 Å². The predicted molar refractivity (Wildman–Crippen MR) is 86.1 cm³/mol. The van der Waals surface area contributed by atoms with Crippen LogP contribution in [-0.4, -0.2) is 50.8 Å². The van der Waals surface area contributed by atoms with E-state index in [4.69, 9.17) is 17.3 Å². The van der Waals surface area contributed by atoms with Gasteiger partial charge in [-0.3, -0.25) is 0 Å². The van der Waals surface area contributed by atoms with Gasteiger partial charge in [-0.05, 0) is 51.6 Å². The third-order valence-electron chi connectivity index (χ3n) is 4.00. The molecule has 1 saturated heterocycles. The topological polar surface area (TPSA) is 66.6 Å². The number of rotatable bonds is 3. The van der Waals surface area contributed by atoms with Gasteiger partial charge in [0.15, 0.2) is 0 Å². The molecule has 1 heterocycles. The Morgan fingerprint density at radius 1 is 1.38 bits per heavy atom. The van der Waals surface area contributed by atoms with Crippen LogP contribution in [0.3, 0.4) is 0 Å². The molecule has 0 aromatic heterocycles. The summed E-state index contributed by atoms with van der Waals surface area (Å²) < 4.78 is 27.2. The van der Waals surface area contributed by atoms with E-state index in [1.54, 1.807) is 17.3 Å². The third kappa shape index (κ3) is 3.34. The minimum atomic E-state index is -3.53. The first-order valence-corrected chi connectivity index (χ1v) is 8.77. The summed E-state index contributed by atoms with van der Waals surface area (Å²) in [6.07, 6.45) is 1.88. The van der Waals surface area contributed by atoms with Gasteiger partial charge in [0, 0.05) is 19.1 Å². The molecule has 0 bridgehead atoms. The molecule has 0 saturated carbocycles. The fourth-order valence-corrected chi connectivity index (χ4v) is 4.62. The zero-order valence-corrected chi connectivity index (χ0v) is 14.2. The second kappa shape index (κ2) is 6.12. The fourth-order valence-electron chi connectivity index (χ4n) is 2.65. The zero-order valence-electron chi connectivity index (χ0n) is 12.6. The minimum absolute atomic E-state index is 0.249. The molecule has 118 valence electrons. The van der Waals surface area contributed by atoms with Crippen molar-refractivity contribution in [2.75, 3.05) is 32.9 Å². The van der Waals surface area contributed by atoms with Gasteiger partial charge in [-0.2, -0.15) is 4.31 Å². The maximum Gasteiger partial charge on any atom is 0.243 e. The highest BCUT2D eigenvalue weighted by atomic mass is 35.5. The van der Waals surface area contributed by atoms with Crippen LogP contribution in [0.2, 0.25) is 5.02 Å². The molecule has 1 aromatic carbocycles. The molecule has 2 rings (SSSR count). The molecule has 1 atom stereocenters. The quantitative estimate of drug-likeness (QED) is 0.860. The largest absolute Gasteiger partial charge is 0.397 e. The van der Waals surface area contributed by atoms with Crippen molar-refractivity contribution in [2.24, 2.45) is 0 Å². The number of piperidine rings is 1. The molecular weight excluding hydrogens is 310 g/mol. The van der Waals surface area contributed by atoms with Gasteiger partial charge in [-0.1, -0.05) is 11.6 Å². The summed E-state index contributed by atoms with van der Waals surface area (Å²) >= 11 is 5.95. The lowest BCUT2D eigenvalue weighted by Gasteiger charge is -2.35. The second-order valence-electron chi connectivity index (χ2n) is 5.76. The average molecular weight is 332 g/mol. The van der Waals surface area contributed by atoms with Crippen molar-refractivity contribution in [3.8, 4) is 0 Å². The van der Waals surface area contributed by atoms with Gasteiger partial charge in [0.2, 0.25) is 10.0 Å². The average Bonchev–Trinajstić information content (AvgIpc) is 2.42. The van der Waals surface area contributed by atoms with Crippen molar-refractivity contribution in [2.45, 2.75) is 30.7 Å². The first-order chi connectivity index (χ1) is 9.73. The normalized spacial score (nSPS) is 20.9. The van der Waals surface area contributed by atoms with Crippen LogP contribution in [0.4, 0.5) is 5.69 Å². The SMILES string of the molecule is Cc1cc(Cl)c(N)cc1S(=O)(=O)N1CCCC(N(C)C)C1. The van der Waals surface area contributed by atoms with E-state index in [-0.39, 0.29) is 10.9 Å². The minimum Gasteiger partial charge on any atom is -0.397 e. The maximum atomic E-state index is 12.8. The number of nitrogen functional groups attached to an aromatic ring is 1. The van der Waals surface area contributed by atoms with Crippen LogP contribution in [-0.2, 0) is 10.0 Å². The summed E-state index contributed by atoms with van der Waals surface area (Å²) in [4.78, 5) is 2.33. The molecule has 2 N–H and O–H groups in total. The summed E-state index contributed by atoms with van der Waals surface area (Å²) in [7, 11) is 0.427. The van der Waals surface area contributed by atoms with Crippen molar-refractivity contribution in [1.82, 2.24) is 9.21 Å². The molecule has 0 spiro atoms. The number of anilines is 1. The molecule has 1 unspecified atom stereocenters. The third-order valence-corrected chi connectivity index (χ3v) is 6.34. The van der Waals surface area contributed by atoms with Crippen molar-refractivity contribution in [3.05, 3.63) is 22.7 Å². The second-order valence-corrected chi connectivity index (χ2v) is 8.08. The van der Waals surface area contributed by atoms with Crippen molar-refractivity contribution >= 4 is 27.3 Å². The highest BCUT2D eigenvalue weighted by Crippen LogP contribution is 2.29. The Morgan fingerprint density at radius 3 is 2.67 bits per heavy atom. The number of hydrogen-bond donors (Lipinski definition) is 1. The van der Waals surface area contributed by atoms with Gasteiger partial charge < -0.3 is 10.6 Å². The number of benzene rings is 1. The van der Waals surface area contributed by atoms with Crippen LogP contribution < -0.4 is 5.73 Å². The van der Waals surface area contributed by atoms with Crippen LogP contribution in [0.5, 0.6) is 0 Å². The number of nitrogens with two attached hydrogens (primary N) is 1. The Morgan fingerprint density at radius 2 is 2.05 bits per heavy atom. The van der Waals surface area contributed by atoms with Gasteiger partial charge >= 0.3 is 0 Å². The predicted octanol–water partition coefficient (Wildman–Crippen LogP) is 1.95. The number of sulfonamides is 1. The van der Waals surface area contributed by atoms with E-state index < -0.39 is 10.0 Å². The molecule has 0 aliphatic carbocycles. The van der Waals surface area contributed by atoms with Crippen LogP contribution >= 0.6 is 11.6 Å². The van der Waals surface area contributed by atoms with E-state index in [0.29, 0.717) is 29.4 Å². The number of likely N-dealkylation sites (N-methyl/N-ethyl adjacent to an activating group) is 1. The molecule has 21 heavy (non-hydrogen) atoms. The van der Waals surface area contributed by atoms with E-state index in [0.717, 1.165) is 12.8 Å². The van der Waals surface area contributed by atoms with E-state index in [2.05, 4.69) is 4.90 Å². The summed E-state index contributed by atoms with van der Waals surface area (Å²) in [5.41, 5.74) is 6.69. The van der Waals surface area contributed by atoms with E-state index >= 15 is 0 Å². The summed E-state index contributed by atoms with van der Waals surface area (Å²) in [5.74, 6) is 0. The lowest BCUT2D eigenvalue weighted by atomic mass is 10.1. The summed E-state index contributed by atoms with van der Waals surface area (Å²) in [5, 5.41) is 0.385. The van der Waals surface area contributed by atoms with Crippen LogP contribution in [0, 0.1) is 6.92 Å². The Kier molecular flexibility index (Phi) is 4.82. The zero-order chi connectivity index (χ0) is 15.8. The number of hydrogen-bond acceptors (Lipinski definition) is 4. The summed E-state index contributed by atoms with van der Waals surface area (Å²) in [6, 6.07) is 3.32. The van der Waals surface area contributed by atoms with Gasteiger partial charge in [0.1, 0.15) is 0 Å². The molecule has 1 aromatic rings. The fraction of sp³-hybridized carbons (Fsp3) is 0.571. The number of aryl methyl sites for hydroxylation is 1. The van der Waals surface area contributed by atoms with E-state index in [1.807, 2.05) is 14.1 Å². The summed E-state index contributed by atoms with van der Waals surface area (Å²) in [6.45, 7) is 2.80. The van der Waals surface area contributed by atoms with Gasteiger partial charge in [-0.15, -0.1) is 0 Å². The Balaban J connectivity index is 2.36. The first kappa shape index (κ1) is 16.5. The number of halogens is 1. The Hall–Kier alpha value is -0.820. The lowest BCUT2D eigenvalue weighted by molar-refractivity contribution is 0.190. The highest BCUT2D eigenvalue weighted by molar-refractivity contribution is 7.89. The molecule has 1 aliphatic heterocycles. The number of nitrogens with zero attached hydrogens (tertiary/aromatic N) is 2. The van der Waals surface area contributed by atoms with Crippen LogP contribution in [0.15, 0.2) is 17.0 Å². The van der Waals surface area contributed by atoms with Crippen LogP contribution in [0.1, 0.15) is 18.4 Å². The van der Waals surface area contributed by atoms with Gasteiger partial charge in [0.25, 0.3) is 0 Å². The van der Waals surface area contributed by atoms with E-state index in [9.17, 15) is 8.42 Å². The monoisotopic (exact) mass is 331 g/mol. The van der Waals surface area contributed by atoms with Gasteiger partial charge in [0.05, 0.1) is 15.6 Å². The molecular formula is C14H22ClN3O2S. The standard InChI is InChI=1S/C14H22ClN3O2S/c1-10-7-12(15)13(16)8-14(10)21(19,20)18-6-4-5-11(9-18)17(2)3/h7-8,11H,4-6,9,16H2,1-3H3.